The largest absolute Gasteiger partial charge is 0.490 e. The molecule has 0 aromatic carbocycles. The number of carboxylic acid groups (broad SMARTS) is 1. The van der Waals surface area contributed by atoms with E-state index in [2.05, 4.69) is 41.6 Å². The maximum Gasteiger partial charge on any atom is 0.490 e. The average molecular weight is 460 g/mol. The van der Waals surface area contributed by atoms with Gasteiger partial charge in [0.1, 0.15) is 5.72 Å². The van der Waals surface area contributed by atoms with Crippen molar-refractivity contribution in [2.45, 2.75) is 78.4 Å². The van der Waals surface area contributed by atoms with E-state index in [4.69, 9.17) is 9.90 Å². The first-order valence-corrected chi connectivity index (χ1v) is 10.8. The second kappa shape index (κ2) is 14.8. The lowest BCUT2D eigenvalue weighted by molar-refractivity contribution is -0.192. The summed E-state index contributed by atoms with van der Waals surface area (Å²) < 4.78 is 31.7. The molecule has 2 rings (SSSR count). The van der Waals surface area contributed by atoms with E-state index in [-0.39, 0.29) is 6.04 Å². The number of nitrogens with one attached hydrogen (secondary N) is 2. The number of allylic oxidation sites excluding steroid dienone is 2. The summed E-state index contributed by atoms with van der Waals surface area (Å²) in [6.45, 7) is 11.6. The molecular weight excluding hydrogens is 423 g/mol. The monoisotopic (exact) mass is 459 g/mol. The molecule has 32 heavy (non-hydrogen) atoms. The summed E-state index contributed by atoms with van der Waals surface area (Å²) in [6, 6.07) is 5.80. The molecule has 0 radical (unpaired) electrons. The Balaban J connectivity index is 0.000000911. The fourth-order valence-electron chi connectivity index (χ4n) is 2.89. The van der Waals surface area contributed by atoms with Crippen molar-refractivity contribution in [1.29, 1.82) is 0 Å². The van der Waals surface area contributed by atoms with Crippen LogP contribution in [0.25, 0.3) is 0 Å². The van der Waals surface area contributed by atoms with Gasteiger partial charge in [0.05, 0.1) is 11.7 Å². The molecule has 1 unspecified atom stereocenters. The zero-order chi connectivity index (χ0) is 24.8. The molecule has 9 heteroatoms. The zero-order valence-corrected chi connectivity index (χ0v) is 19.5. The lowest BCUT2D eigenvalue weighted by atomic mass is 9.89. The van der Waals surface area contributed by atoms with Crippen LogP contribution in [0.2, 0.25) is 0 Å². The van der Waals surface area contributed by atoms with Crippen LogP contribution in [0.4, 0.5) is 13.2 Å². The van der Waals surface area contributed by atoms with Crippen LogP contribution in [0.3, 0.4) is 0 Å². The lowest BCUT2D eigenvalue weighted by Crippen LogP contribution is -2.59. The van der Waals surface area contributed by atoms with Gasteiger partial charge in [0.2, 0.25) is 0 Å². The first kappa shape index (κ1) is 29.8. The van der Waals surface area contributed by atoms with Crippen molar-refractivity contribution in [3.63, 3.8) is 0 Å². The van der Waals surface area contributed by atoms with Crippen molar-refractivity contribution in [2.75, 3.05) is 6.54 Å². The minimum Gasteiger partial charge on any atom is -0.475 e. The van der Waals surface area contributed by atoms with E-state index >= 15 is 0 Å². The molecule has 0 aliphatic carbocycles. The Morgan fingerprint density at radius 3 is 2.41 bits per heavy atom. The number of aliphatic hydroxyl groups is 1. The first-order valence-electron chi connectivity index (χ1n) is 10.8. The quantitative estimate of drug-likeness (QED) is 0.446. The molecule has 0 saturated carbocycles. The first-order chi connectivity index (χ1) is 15.0. The fraction of sp³-hybridized carbons (Fsp3) is 0.565. The van der Waals surface area contributed by atoms with E-state index in [0.29, 0.717) is 6.54 Å². The molecule has 1 aromatic heterocycles. The van der Waals surface area contributed by atoms with Gasteiger partial charge in [-0.25, -0.2) is 4.79 Å². The highest BCUT2D eigenvalue weighted by atomic mass is 19.4. The molecular formula is C23H36F3N3O3. The number of halogens is 3. The summed E-state index contributed by atoms with van der Waals surface area (Å²) in [6.07, 6.45) is 4.03. The molecule has 1 aliphatic rings. The summed E-state index contributed by atoms with van der Waals surface area (Å²) in [5.41, 5.74) is 2.74. The summed E-state index contributed by atoms with van der Waals surface area (Å²) in [7, 11) is 0. The Morgan fingerprint density at radius 2 is 1.94 bits per heavy atom. The van der Waals surface area contributed by atoms with Gasteiger partial charge in [0.25, 0.3) is 0 Å². The minimum atomic E-state index is -5.08. The number of carboxylic acids is 1. The molecule has 1 aliphatic heterocycles. The van der Waals surface area contributed by atoms with Crippen molar-refractivity contribution in [3.05, 3.63) is 53.4 Å². The van der Waals surface area contributed by atoms with Gasteiger partial charge in [0, 0.05) is 19.3 Å². The number of alkyl halides is 3. The summed E-state index contributed by atoms with van der Waals surface area (Å²) in [5, 5.41) is 24.7. The smallest absolute Gasteiger partial charge is 0.475 e. The molecule has 2 heterocycles. The Labute approximate surface area is 188 Å². The highest BCUT2D eigenvalue weighted by molar-refractivity contribution is 5.73. The highest BCUT2D eigenvalue weighted by Crippen LogP contribution is 2.25. The van der Waals surface area contributed by atoms with Gasteiger partial charge in [-0.05, 0) is 43.9 Å². The molecule has 0 fully saturated rings. The van der Waals surface area contributed by atoms with E-state index in [1.165, 1.54) is 11.1 Å². The van der Waals surface area contributed by atoms with Gasteiger partial charge < -0.3 is 15.5 Å². The maximum absolute atomic E-state index is 10.9. The van der Waals surface area contributed by atoms with Crippen LogP contribution in [-0.2, 0) is 11.3 Å². The molecule has 4 N–H and O–H groups in total. The number of pyridine rings is 1. The van der Waals surface area contributed by atoms with Crippen molar-refractivity contribution < 1.29 is 28.2 Å². The van der Waals surface area contributed by atoms with E-state index < -0.39 is 17.9 Å². The second-order valence-corrected chi connectivity index (χ2v) is 7.06. The van der Waals surface area contributed by atoms with Gasteiger partial charge in [-0.3, -0.25) is 10.3 Å². The standard InChI is InChI=1S/C19H29N3O.C2HF3O2.C2H6/c1-4-6-9-16-12-18(21-13-15(16)5-2)19(3,23)22-14-17-10-7-8-11-20-17;3-2(4,5)1(6)7;1-2/h6-11,18,21-23H,4-5,12-14H2,1-3H3;(H,6,7);1-2H3/b9-6-;;/t18-,19?;;/m0../s1. The molecule has 1 aromatic rings. The number of nitrogens with zero attached hydrogens (tertiary/aromatic N) is 1. The summed E-state index contributed by atoms with van der Waals surface area (Å²) in [5.74, 6) is -2.76. The van der Waals surface area contributed by atoms with Crippen LogP contribution in [-0.4, -0.2) is 45.7 Å². The molecule has 6 nitrogen and oxygen atoms in total. The van der Waals surface area contributed by atoms with Crippen LogP contribution in [0.1, 0.15) is 59.6 Å². The van der Waals surface area contributed by atoms with E-state index in [1.807, 2.05) is 39.0 Å². The summed E-state index contributed by atoms with van der Waals surface area (Å²) in [4.78, 5) is 13.2. The number of hydrogen-bond donors (Lipinski definition) is 4. The topological polar surface area (TPSA) is 94.5 Å². The van der Waals surface area contributed by atoms with Crippen LogP contribution in [0, 0.1) is 0 Å². The van der Waals surface area contributed by atoms with Crippen LogP contribution < -0.4 is 10.6 Å². The third-order valence-electron chi connectivity index (χ3n) is 4.70. The zero-order valence-electron chi connectivity index (χ0n) is 19.5. The van der Waals surface area contributed by atoms with Crippen molar-refractivity contribution in [2.24, 2.45) is 0 Å². The van der Waals surface area contributed by atoms with E-state index in [0.717, 1.165) is 31.5 Å². The Bertz CT molecular complexity index is 733. The SMILES string of the molecule is CC.CC/C=C\C1=C(CC)CN[C@H](C(C)(O)NCc2ccccn2)C1.O=C(O)C(F)(F)F. The van der Waals surface area contributed by atoms with Gasteiger partial charge in [-0.2, -0.15) is 13.2 Å². The predicted octanol–water partition coefficient (Wildman–Crippen LogP) is 4.57. The van der Waals surface area contributed by atoms with Gasteiger partial charge in [-0.1, -0.05) is 51.5 Å². The maximum atomic E-state index is 10.9. The fourth-order valence-corrected chi connectivity index (χ4v) is 2.89. The van der Waals surface area contributed by atoms with Crippen LogP contribution in [0.15, 0.2) is 47.7 Å². The minimum absolute atomic E-state index is 0.0157. The molecule has 0 bridgehead atoms. The Kier molecular flexibility index (Phi) is 13.7. The number of rotatable bonds is 7. The lowest BCUT2D eigenvalue weighted by Gasteiger charge is -2.38. The third-order valence-corrected chi connectivity index (χ3v) is 4.70. The van der Waals surface area contributed by atoms with Crippen molar-refractivity contribution >= 4 is 5.97 Å². The number of carbonyl (C=O) groups is 1. The van der Waals surface area contributed by atoms with Crippen molar-refractivity contribution in [1.82, 2.24) is 15.6 Å². The number of hydrogen-bond acceptors (Lipinski definition) is 5. The Morgan fingerprint density at radius 1 is 1.31 bits per heavy atom. The van der Waals surface area contributed by atoms with Gasteiger partial charge in [-0.15, -0.1) is 0 Å². The number of aromatic nitrogens is 1. The average Bonchev–Trinajstić information content (AvgIpc) is 2.78. The summed E-state index contributed by atoms with van der Waals surface area (Å²) >= 11 is 0. The predicted molar refractivity (Wildman–Crippen MR) is 120 cm³/mol. The molecule has 0 amide bonds. The second-order valence-electron chi connectivity index (χ2n) is 7.06. The van der Waals surface area contributed by atoms with Gasteiger partial charge in [0.15, 0.2) is 0 Å². The highest BCUT2D eigenvalue weighted by Gasteiger charge is 2.38. The third kappa shape index (κ3) is 10.9. The molecule has 0 saturated heterocycles. The van der Waals surface area contributed by atoms with Crippen LogP contribution >= 0.6 is 0 Å². The molecule has 0 spiro atoms. The van der Waals surface area contributed by atoms with Crippen molar-refractivity contribution in [3.8, 4) is 0 Å². The van der Waals surface area contributed by atoms with E-state index in [9.17, 15) is 18.3 Å². The normalized spacial score (nSPS) is 18.2. The van der Waals surface area contributed by atoms with Gasteiger partial charge >= 0.3 is 12.1 Å². The Hall–Kier alpha value is -2.23. The van der Waals surface area contributed by atoms with E-state index in [1.54, 1.807) is 6.20 Å². The molecule has 2 atom stereocenters. The van der Waals surface area contributed by atoms with Crippen LogP contribution in [0.5, 0.6) is 0 Å². The molecule has 182 valence electrons. The number of aliphatic carboxylic acids is 1.